The van der Waals surface area contributed by atoms with E-state index in [0.29, 0.717) is 42.7 Å². The van der Waals surface area contributed by atoms with Crippen molar-refractivity contribution in [3.05, 3.63) is 101 Å². The van der Waals surface area contributed by atoms with Crippen molar-refractivity contribution >= 4 is 11.8 Å². The van der Waals surface area contributed by atoms with E-state index in [2.05, 4.69) is 5.32 Å². The van der Waals surface area contributed by atoms with Gasteiger partial charge in [0.15, 0.2) is 6.10 Å². The van der Waals surface area contributed by atoms with Gasteiger partial charge in [0.05, 0.1) is 6.04 Å². The summed E-state index contributed by atoms with van der Waals surface area (Å²) >= 11 is 0. The molecule has 3 aromatic rings. The molecule has 200 valence electrons. The third-order valence-corrected chi connectivity index (χ3v) is 6.71. The number of fused-ring (bicyclic) bond motifs is 1. The van der Waals surface area contributed by atoms with E-state index in [4.69, 9.17) is 4.74 Å². The zero-order valence-electron chi connectivity index (χ0n) is 22.0. The van der Waals surface area contributed by atoms with Crippen molar-refractivity contribution in [2.45, 2.75) is 58.7 Å². The van der Waals surface area contributed by atoms with Crippen LogP contribution in [0.15, 0.2) is 66.7 Å². The van der Waals surface area contributed by atoms with Gasteiger partial charge >= 0.3 is 0 Å². The van der Waals surface area contributed by atoms with Crippen molar-refractivity contribution in [1.82, 2.24) is 10.2 Å². The molecule has 0 bridgehead atoms. The Hall–Kier alpha value is -3.74. The van der Waals surface area contributed by atoms with Gasteiger partial charge in [0.2, 0.25) is 5.91 Å². The van der Waals surface area contributed by atoms with Gasteiger partial charge in [0, 0.05) is 19.5 Å². The van der Waals surface area contributed by atoms with Gasteiger partial charge in [-0.05, 0) is 77.4 Å². The molecule has 2 amide bonds. The number of nitrogens with one attached hydrogen (secondary N) is 1. The first-order valence-corrected chi connectivity index (χ1v) is 13.1. The predicted molar refractivity (Wildman–Crippen MR) is 143 cm³/mol. The normalized spacial score (nSPS) is 15.6. The van der Waals surface area contributed by atoms with Crippen LogP contribution in [-0.4, -0.2) is 29.4 Å². The predicted octanol–water partition coefficient (Wildman–Crippen LogP) is 5.96. The molecule has 1 heterocycles. The number of ether oxygens (including phenoxy) is 1. The van der Waals surface area contributed by atoms with E-state index in [9.17, 15) is 18.4 Å². The lowest BCUT2D eigenvalue weighted by Crippen LogP contribution is -2.41. The van der Waals surface area contributed by atoms with Crippen molar-refractivity contribution in [1.29, 1.82) is 0 Å². The van der Waals surface area contributed by atoms with Crippen LogP contribution in [0.25, 0.3) is 0 Å². The zero-order valence-corrected chi connectivity index (χ0v) is 22.0. The number of rotatable bonds is 9. The van der Waals surface area contributed by atoms with Gasteiger partial charge in [0.1, 0.15) is 17.4 Å². The highest BCUT2D eigenvalue weighted by molar-refractivity contribution is 5.81. The van der Waals surface area contributed by atoms with Crippen LogP contribution in [0.2, 0.25) is 0 Å². The third kappa shape index (κ3) is 6.57. The number of carbonyl (C=O) groups excluding carboxylic acids is 2. The maximum atomic E-state index is 14.2. The Morgan fingerprint density at radius 3 is 2.45 bits per heavy atom. The lowest BCUT2D eigenvalue weighted by molar-refractivity contribution is -0.134. The molecule has 7 heteroatoms. The summed E-state index contributed by atoms with van der Waals surface area (Å²) in [7, 11) is 0. The van der Waals surface area contributed by atoms with Gasteiger partial charge in [-0.3, -0.25) is 9.59 Å². The quantitative estimate of drug-likeness (QED) is 0.379. The lowest BCUT2D eigenvalue weighted by Gasteiger charge is -2.38. The molecule has 1 N–H and O–H groups in total. The fourth-order valence-corrected chi connectivity index (χ4v) is 4.87. The summed E-state index contributed by atoms with van der Waals surface area (Å²) in [6.45, 7) is 6.59. The van der Waals surface area contributed by atoms with Crippen molar-refractivity contribution in [3.8, 4) is 5.75 Å². The fourth-order valence-electron chi connectivity index (χ4n) is 4.87. The number of benzene rings is 3. The Labute approximate surface area is 222 Å². The second-order valence-electron chi connectivity index (χ2n) is 10.1. The van der Waals surface area contributed by atoms with Gasteiger partial charge in [-0.1, -0.05) is 51.1 Å². The molecular formula is C31H34F2N2O3. The number of nitrogens with zero attached hydrogens (tertiary/aromatic N) is 1. The molecule has 0 spiro atoms. The second kappa shape index (κ2) is 12.2. The molecule has 38 heavy (non-hydrogen) atoms. The van der Waals surface area contributed by atoms with Gasteiger partial charge < -0.3 is 15.0 Å². The highest BCUT2D eigenvalue weighted by Crippen LogP contribution is 2.38. The molecule has 4 rings (SSSR count). The van der Waals surface area contributed by atoms with Crippen molar-refractivity contribution < 1.29 is 23.1 Å². The molecule has 3 aromatic carbocycles. The molecule has 0 unspecified atom stereocenters. The van der Waals surface area contributed by atoms with Crippen LogP contribution in [0, 0.1) is 17.6 Å². The summed E-state index contributed by atoms with van der Waals surface area (Å²) < 4.78 is 33.8. The van der Waals surface area contributed by atoms with E-state index in [1.807, 2.05) is 49.9 Å². The number of halogens is 2. The summed E-state index contributed by atoms with van der Waals surface area (Å²) in [6.07, 6.45) is 0.756. The van der Waals surface area contributed by atoms with E-state index in [1.54, 1.807) is 18.2 Å². The molecule has 1 aliphatic rings. The SMILES string of the molecule is CC[C@@H](Oc1ccc2c(c1)[C@@H](c1cccc(F)c1)N(C(=O)CC(C)C)CC2)C(=O)NCc1cccc(F)c1. The Morgan fingerprint density at radius 1 is 1.03 bits per heavy atom. The Morgan fingerprint density at radius 2 is 1.76 bits per heavy atom. The largest absolute Gasteiger partial charge is 0.481 e. The second-order valence-corrected chi connectivity index (χ2v) is 10.1. The van der Waals surface area contributed by atoms with Crippen LogP contribution in [0.1, 0.15) is 61.9 Å². The maximum Gasteiger partial charge on any atom is 0.261 e. The Kier molecular flexibility index (Phi) is 8.77. The zero-order chi connectivity index (χ0) is 27.2. The summed E-state index contributed by atoms with van der Waals surface area (Å²) in [5.41, 5.74) is 3.28. The molecule has 0 saturated heterocycles. The molecular weight excluding hydrogens is 486 g/mol. The number of hydrogen-bond donors (Lipinski definition) is 1. The molecule has 0 saturated carbocycles. The van der Waals surface area contributed by atoms with E-state index in [0.717, 1.165) is 11.1 Å². The standard InChI is InChI=1S/C31H34F2N2O3/c1-4-28(31(37)34-19-21-7-5-9-24(32)16-21)38-26-12-11-22-13-14-35(29(36)15-20(2)3)30(27(22)18-26)23-8-6-10-25(33)17-23/h5-12,16-18,20,28,30H,4,13-15,19H2,1-3H3,(H,34,37)/t28-,30-/m1/s1. The molecule has 0 aromatic heterocycles. The van der Waals surface area contributed by atoms with Gasteiger partial charge in [-0.15, -0.1) is 0 Å². The summed E-state index contributed by atoms with van der Waals surface area (Å²) in [5, 5.41) is 2.82. The number of amides is 2. The third-order valence-electron chi connectivity index (χ3n) is 6.71. The maximum absolute atomic E-state index is 14.2. The van der Waals surface area contributed by atoms with Crippen molar-refractivity contribution in [2.75, 3.05) is 6.54 Å². The lowest BCUT2D eigenvalue weighted by atomic mass is 9.87. The minimum absolute atomic E-state index is 0.0226. The monoisotopic (exact) mass is 520 g/mol. The van der Waals surface area contributed by atoms with E-state index in [1.165, 1.54) is 24.3 Å². The van der Waals surface area contributed by atoms with Crippen LogP contribution < -0.4 is 10.1 Å². The minimum atomic E-state index is -0.753. The van der Waals surface area contributed by atoms with Gasteiger partial charge in [-0.2, -0.15) is 0 Å². The van der Waals surface area contributed by atoms with Crippen molar-refractivity contribution in [2.24, 2.45) is 5.92 Å². The highest BCUT2D eigenvalue weighted by Gasteiger charge is 2.33. The molecule has 2 atom stereocenters. The van der Waals surface area contributed by atoms with Crippen LogP contribution in [0.3, 0.4) is 0 Å². The summed E-state index contributed by atoms with van der Waals surface area (Å²) in [5.74, 6) is -0.305. The van der Waals surface area contributed by atoms with Gasteiger partial charge in [-0.25, -0.2) is 8.78 Å². The number of hydrogen-bond acceptors (Lipinski definition) is 3. The average Bonchev–Trinajstić information content (AvgIpc) is 2.89. The highest BCUT2D eigenvalue weighted by atomic mass is 19.1. The Bertz CT molecular complexity index is 1290. The molecule has 0 aliphatic carbocycles. The smallest absolute Gasteiger partial charge is 0.261 e. The van der Waals surface area contributed by atoms with Crippen LogP contribution in [-0.2, 0) is 22.6 Å². The summed E-state index contributed by atoms with van der Waals surface area (Å²) in [6, 6.07) is 17.6. The van der Waals surface area contributed by atoms with E-state index in [-0.39, 0.29) is 35.9 Å². The first kappa shape index (κ1) is 27.3. The van der Waals surface area contributed by atoms with Crippen molar-refractivity contribution in [3.63, 3.8) is 0 Å². The number of carbonyl (C=O) groups is 2. The average molecular weight is 521 g/mol. The van der Waals surface area contributed by atoms with E-state index < -0.39 is 12.1 Å². The first-order chi connectivity index (χ1) is 18.2. The fraction of sp³-hybridized carbons (Fsp3) is 0.355. The minimum Gasteiger partial charge on any atom is -0.481 e. The molecule has 5 nitrogen and oxygen atoms in total. The first-order valence-electron chi connectivity index (χ1n) is 13.1. The van der Waals surface area contributed by atoms with Gasteiger partial charge in [0.25, 0.3) is 5.91 Å². The summed E-state index contributed by atoms with van der Waals surface area (Å²) in [4.78, 5) is 27.9. The molecule has 0 radical (unpaired) electrons. The van der Waals surface area contributed by atoms with E-state index >= 15 is 0 Å². The Balaban J connectivity index is 1.58. The van der Waals surface area contributed by atoms with Crippen LogP contribution in [0.4, 0.5) is 8.78 Å². The van der Waals surface area contributed by atoms with Crippen LogP contribution >= 0.6 is 0 Å². The van der Waals surface area contributed by atoms with Crippen LogP contribution in [0.5, 0.6) is 5.75 Å². The molecule has 1 aliphatic heterocycles. The topological polar surface area (TPSA) is 58.6 Å². The molecule has 0 fully saturated rings.